The maximum absolute atomic E-state index is 12.7. The van der Waals surface area contributed by atoms with E-state index in [1.165, 1.54) is 0 Å². The van der Waals surface area contributed by atoms with E-state index in [1.807, 2.05) is 19.9 Å². The van der Waals surface area contributed by atoms with Crippen molar-refractivity contribution in [1.82, 2.24) is 4.98 Å². The van der Waals surface area contributed by atoms with Gasteiger partial charge in [0.05, 0.1) is 24.9 Å². The van der Waals surface area contributed by atoms with E-state index in [-0.39, 0.29) is 30.4 Å². The standard InChI is InChI=1S/C20H27N3O5/c1-5-27-20(25)19-18(15-7-6-14(26-4)8-16(15)21-19)22-17(24)11-23-9-12(2)28-13(3)10-23/h6-8,12-13,21H,5,9-11H2,1-4H3,(H,22,24)/p+1/t12-,13-/m0/s1. The van der Waals surface area contributed by atoms with Crippen LogP contribution in [0.1, 0.15) is 31.3 Å². The Balaban J connectivity index is 1.84. The molecular weight excluding hydrogens is 362 g/mol. The number of hydrogen-bond acceptors (Lipinski definition) is 5. The summed E-state index contributed by atoms with van der Waals surface area (Å²) in [4.78, 5) is 29.3. The molecule has 1 aliphatic heterocycles. The average Bonchev–Trinajstić information content (AvgIpc) is 2.98. The van der Waals surface area contributed by atoms with E-state index in [2.05, 4.69) is 10.3 Å². The molecule has 1 aliphatic rings. The molecule has 1 aromatic carbocycles. The summed E-state index contributed by atoms with van der Waals surface area (Å²) in [6, 6.07) is 5.39. The van der Waals surface area contributed by atoms with Crippen LogP contribution in [0, 0.1) is 0 Å². The molecule has 1 amide bonds. The third-order valence-electron chi connectivity index (χ3n) is 4.78. The van der Waals surface area contributed by atoms with Gasteiger partial charge in [-0.1, -0.05) is 0 Å². The molecule has 8 heteroatoms. The summed E-state index contributed by atoms with van der Waals surface area (Å²) >= 11 is 0. The molecule has 2 atom stereocenters. The number of rotatable bonds is 6. The van der Waals surface area contributed by atoms with Crippen LogP contribution in [-0.2, 0) is 14.3 Å². The van der Waals surface area contributed by atoms with Gasteiger partial charge in [0.1, 0.15) is 36.7 Å². The van der Waals surface area contributed by atoms with Crippen LogP contribution in [0.5, 0.6) is 5.75 Å². The van der Waals surface area contributed by atoms with Crippen molar-refractivity contribution in [3.63, 3.8) is 0 Å². The van der Waals surface area contributed by atoms with E-state index in [4.69, 9.17) is 14.2 Å². The molecule has 8 nitrogen and oxygen atoms in total. The van der Waals surface area contributed by atoms with Gasteiger partial charge in [0, 0.05) is 11.5 Å². The normalized spacial score (nSPS) is 22.1. The van der Waals surface area contributed by atoms with E-state index in [1.54, 1.807) is 26.2 Å². The quantitative estimate of drug-likeness (QED) is 0.640. The Morgan fingerprint density at radius 3 is 2.64 bits per heavy atom. The van der Waals surface area contributed by atoms with Gasteiger partial charge >= 0.3 is 5.97 Å². The first-order valence-electron chi connectivity index (χ1n) is 9.57. The minimum Gasteiger partial charge on any atom is -0.497 e. The van der Waals surface area contributed by atoms with Crippen molar-refractivity contribution < 1.29 is 28.7 Å². The zero-order valence-electron chi connectivity index (χ0n) is 16.8. The summed E-state index contributed by atoms with van der Waals surface area (Å²) in [6.07, 6.45) is 0.226. The van der Waals surface area contributed by atoms with Gasteiger partial charge in [0.2, 0.25) is 0 Å². The fraction of sp³-hybridized carbons (Fsp3) is 0.500. The number of ether oxygens (including phenoxy) is 3. The Morgan fingerprint density at radius 1 is 1.29 bits per heavy atom. The number of benzene rings is 1. The fourth-order valence-electron chi connectivity index (χ4n) is 3.73. The summed E-state index contributed by atoms with van der Waals surface area (Å²) in [5.41, 5.74) is 1.37. The Hall–Kier alpha value is -2.58. The molecule has 3 N–H and O–H groups in total. The average molecular weight is 390 g/mol. The van der Waals surface area contributed by atoms with Crippen LogP contribution in [0.25, 0.3) is 10.9 Å². The monoisotopic (exact) mass is 390 g/mol. The molecule has 0 radical (unpaired) electrons. The summed E-state index contributed by atoms with van der Waals surface area (Å²) in [7, 11) is 1.58. The molecule has 28 heavy (non-hydrogen) atoms. The molecule has 0 saturated carbocycles. The second-order valence-corrected chi connectivity index (χ2v) is 7.15. The van der Waals surface area contributed by atoms with Crippen LogP contribution in [0.3, 0.4) is 0 Å². The molecule has 3 rings (SSSR count). The molecule has 0 aliphatic carbocycles. The van der Waals surface area contributed by atoms with Gasteiger partial charge in [-0.15, -0.1) is 0 Å². The van der Waals surface area contributed by atoms with Gasteiger partial charge in [0.25, 0.3) is 5.91 Å². The third-order valence-corrected chi connectivity index (χ3v) is 4.78. The van der Waals surface area contributed by atoms with Crippen molar-refractivity contribution >= 4 is 28.5 Å². The van der Waals surface area contributed by atoms with Crippen LogP contribution in [-0.4, -0.2) is 62.4 Å². The number of morpholine rings is 1. The van der Waals surface area contributed by atoms with Gasteiger partial charge in [-0.2, -0.15) is 0 Å². The van der Waals surface area contributed by atoms with Crippen molar-refractivity contribution in [2.75, 3.05) is 38.7 Å². The van der Waals surface area contributed by atoms with Crippen molar-refractivity contribution in [2.45, 2.75) is 33.0 Å². The number of carbonyl (C=O) groups excluding carboxylic acids is 2. The first kappa shape index (κ1) is 20.2. The van der Waals surface area contributed by atoms with E-state index < -0.39 is 5.97 Å². The number of amides is 1. The largest absolute Gasteiger partial charge is 0.497 e. The number of hydrogen-bond donors (Lipinski definition) is 3. The number of esters is 1. The number of anilines is 1. The molecule has 2 aromatic rings. The first-order valence-corrected chi connectivity index (χ1v) is 9.57. The number of nitrogens with one attached hydrogen (secondary N) is 3. The summed E-state index contributed by atoms with van der Waals surface area (Å²) in [6.45, 7) is 7.87. The predicted molar refractivity (Wildman–Crippen MR) is 105 cm³/mol. The van der Waals surface area contributed by atoms with E-state index in [0.29, 0.717) is 23.5 Å². The SMILES string of the molecule is CCOC(=O)c1[nH]c2cc(OC)ccc2c1NC(=O)C[NH+]1C[C@H](C)O[C@@H](C)C1. The van der Waals surface area contributed by atoms with E-state index in [9.17, 15) is 9.59 Å². The number of H-pyrrole nitrogens is 1. The summed E-state index contributed by atoms with van der Waals surface area (Å²) in [5.74, 6) is -0.00438. The zero-order chi connectivity index (χ0) is 20.3. The first-order chi connectivity index (χ1) is 13.4. The number of quaternary nitrogens is 1. The van der Waals surface area contributed by atoms with E-state index >= 15 is 0 Å². The van der Waals surface area contributed by atoms with Crippen molar-refractivity contribution in [3.8, 4) is 5.75 Å². The zero-order valence-corrected chi connectivity index (χ0v) is 16.8. The Labute approximate surface area is 164 Å². The number of methoxy groups -OCH3 is 1. The van der Waals surface area contributed by atoms with Crippen LogP contribution < -0.4 is 15.0 Å². The topological polar surface area (TPSA) is 94.1 Å². The molecule has 0 spiro atoms. The lowest BCUT2D eigenvalue weighted by atomic mass is 10.2. The molecule has 2 heterocycles. The van der Waals surface area contributed by atoms with Gasteiger partial charge in [-0.3, -0.25) is 4.79 Å². The van der Waals surface area contributed by atoms with Gasteiger partial charge < -0.3 is 29.4 Å². The highest BCUT2D eigenvalue weighted by Crippen LogP contribution is 2.31. The second kappa shape index (κ2) is 8.62. The number of aromatic nitrogens is 1. The lowest BCUT2D eigenvalue weighted by Crippen LogP contribution is -3.16. The van der Waals surface area contributed by atoms with Crippen LogP contribution in [0.15, 0.2) is 18.2 Å². The highest BCUT2D eigenvalue weighted by atomic mass is 16.5. The van der Waals surface area contributed by atoms with Crippen LogP contribution in [0.2, 0.25) is 0 Å². The highest BCUT2D eigenvalue weighted by Gasteiger charge is 2.28. The Morgan fingerprint density at radius 2 is 2.00 bits per heavy atom. The third kappa shape index (κ3) is 4.45. The van der Waals surface area contributed by atoms with Crippen molar-refractivity contribution in [3.05, 3.63) is 23.9 Å². The summed E-state index contributed by atoms with van der Waals surface area (Å²) < 4.78 is 16.1. The highest BCUT2D eigenvalue weighted by molar-refractivity contribution is 6.11. The van der Waals surface area contributed by atoms with Crippen molar-refractivity contribution in [2.24, 2.45) is 0 Å². The molecular formula is C20H28N3O5+. The molecule has 1 saturated heterocycles. The summed E-state index contributed by atoms with van der Waals surface area (Å²) in [5, 5.41) is 3.65. The number of fused-ring (bicyclic) bond motifs is 1. The smallest absolute Gasteiger partial charge is 0.356 e. The fourth-order valence-corrected chi connectivity index (χ4v) is 3.73. The second-order valence-electron chi connectivity index (χ2n) is 7.15. The minimum atomic E-state index is -0.506. The molecule has 1 aromatic heterocycles. The maximum Gasteiger partial charge on any atom is 0.356 e. The predicted octanol–water partition coefficient (Wildman–Crippen LogP) is 0.984. The van der Waals surface area contributed by atoms with Crippen LogP contribution >= 0.6 is 0 Å². The molecule has 152 valence electrons. The maximum atomic E-state index is 12.7. The van der Waals surface area contributed by atoms with Crippen molar-refractivity contribution in [1.29, 1.82) is 0 Å². The van der Waals surface area contributed by atoms with Gasteiger partial charge in [0.15, 0.2) is 6.54 Å². The molecule has 0 bridgehead atoms. The van der Waals surface area contributed by atoms with Crippen LogP contribution in [0.4, 0.5) is 5.69 Å². The number of aromatic amines is 1. The minimum absolute atomic E-state index is 0.113. The molecule has 1 fully saturated rings. The molecule has 0 unspecified atom stereocenters. The van der Waals surface area contributed by atoms with Gasteiger partial charge in [-0.25, -0.2) is 4.79 Å². The lowest BCUT2D eigenvalue weighted by Gasteiger charge is -2.31. The van der Waals surface area contributed by atoms with E-state index in [0.717, 1.165) is 23.4 Å². The van der Waals surface area contributed by atoms with Gasteiger partial charge in [-0.05, 0) is 32.9 Å². The number of carbonyl (C=O) groups is 2. The Bertz CT molecular complexity index is 853. The lowest BCUT2D eigenvalue weighted by molar-refractivity contribution is -0.907. The Kier molecular flexibility index (Phi) is 6.21.